The summed E-state index contributed by atoms with van der Waals surface area (Å²) < 4.78 is 16.0. The van der Waals surface area contributed by atoms with E-state index in [-0.39, 0.29) is 5.97 Å². The second kappa shape index (κ2) is 8.90. The Morgan fingerprint density at radius 1 is 1.21 bits per heavy atom. The Bertz CT molecular complexity index is 391. The van der Waals surface area contributed by atoms with Crippen molar-refractivity contribution in [2.75, 3.05) is 39.3 Å². The normalized spacial score (nSPS) is 10.4. The Balaban J connectivity index is 2.24. The maximum absolute atomic E-state index is 11.7. The molecule has 0 atom stereocenters. The molecule has 5 nitrogen and oxygen atoms in total. The Labute approximate surface area is 121 Å². The van der Waals surface area contributed by atoms with E-state index in [0.29, 0.717) is 44.1 Å². The van der Waals surface area contributed by atoms with Gasteiger partial charge in [-0.3, -0.25) is 0 Å². The minimum atomic E-state index is -0.384. The number of nitrogen functional groups attached to an aromatic ring is 1. The third-order valence-corrected chi connectivity index (χ3v) is 2.71. The van der Waals surface area contributed by atoms with Crippen LogP contribution in [0.5, 0.6) is 0 Å². The maximum Gasteiger partial charge on any atom is 0.338 e. The number of benzene rings is 1. The monoisotopic (exact) mass is 331 g/mol. The third-order valence-electron chi connectivity index (χ3n) is 2.25. The number of hydrogen-bond acceptors (Lipinski definition) is 5. The molecule has 0 heterocycles. The molecule has 1 aromatic rings. The number of rotatable bonds is 8. The van der Waals surface area contributed by atoms with Crippen LogP contribution in [0.15, 0.2) is 22.7 Å². The average molecular weight is 332 g/mol. The third kappa shape index (κ3) is 6.56. The van der Waals surface area contributed by atoms with Crippen LogP contribution in [0.1, 0.15) is 16.8 Å². The summed E-state index contributed by atoms with van der Waals surface area (Å²) in [5.74, 6) is -0.384. The molecule has 0 aliphatic heterocycles. The molecule has 1 aromatic carbocycles. The fourth-order valence-electron chi connectivity index (χ4n) is 1.38. The Hall–Kier alpha value is -1.11. The number of carbonyl (C=O) groups excluding carboxylic acids is 1. The second-order valence-electron chi connectivity index (χ2n) is 3.87. The van der Waals surface area contributed by atoms with Gasteiger partial charge in [0.1, 0.15) is 0 Å². The van der Waals surface area contributed by atoms with E-state index in [9.17, 15) is 4.79 Å². The molecule has 0 saturated carbocycles. The molecule has 0 saturated heterocycles. The van der Waals surface area contributed by atoms with Crippen molar-refractivity contribution in [1.82, 2.24) is 0 Å². The van der Waals surface area contributed by atoms with E-state index in [4.69, 9.17) is 19.9 Å². The fourth-order valence-corrected chi connectivity index (χ4v) is 1.89. The van der Waals surface area contributed by atoms with Gasteiger partial charge in [-0.05, 0) is 18.2 Å². The van der Waals surface area contributed by atoms with Crippen molar-refractivity contribution in [3.05, 3.63) is 28.2 Å². The molecule has 0 amide bonds. The van der Waals surface area contributed by atoms with Gasteiger partial charge in [-0.2, -0.15) is 0 Å². The van der Waals surface area contributed by atoms with E-state index in [1.165, 1.54) is 0 Å². The highest BCUT2D eigenvalue weighted by Crippen LogP contribution is 2.17. The van der Waals surface area contributed by atoms with Gasteiger partial charge in [0, 0.05) is 30.3 Å². The van der Waals surface area contributed by atoms with Crippen LogP contribution in [-0.2, 0) is 14.2 Å². The Morgan fingerprint density at radius 2 is 2.00 bits per heavy atom. The van der Waals surface area contributed by atoms with Gasteiger partial charge in [0.05, 0.1) is 25.4 Å². The Morgan fingerprint density at radius 3 is 2.68 bits per heavy atom. The number of methoxy groups -OCH3 is 1. The van der Waals surface area contributed by atoms with E-state index < -0.39 is 0 Å². The molecular weight excluding hydrogens is 314 g/mol. The first kappa shape index (κ1) is 15.9. The molecule has 0 aromatic heterocycles. The van der Waals surface area contributed by atoms with Crippen molar-refractivity contribution >= 4 is 27.6 Å². The minimum Gasteiger partial charge on any atom is -0.462 e. The van der Waals surface area contributed by atoms with Gasteiger partial charge in [-0.1, -0.05) is 15.9 Å². The molecule has 0 fully saturated rings. The molecular formula is C13H18BrNO4. The summed E-state index contributed by atoms with van der Waals surface area (Å²) in [6.45, 7) is 1.97. The number of nitrogens with two attached hydrogens (primary N) is 1. The summed E-state index contributed by atoms with van der Waals surface area (Å²) in [5, 5.41) is 0. The minimum absolute atomic E-state index is 0.318. The quantitative estimate of drug-likeness (QED) is 0.449. The highest BCUT2D eigenvalue weighted by Gasteiger charge is 2.08. The summed E-state index contributed by atoms with van der Waals surface area (Å²) in [6, 6.07) is 4.98. The highest BCUT2D eigenvalue weighted by atomic mass is 79.9. The first-order chi connectivity index (χ1) is 9.13. The number of halogens is 1. The summed E-state index contributed by atoms with van der Waals surface area (Å²) in [6.07, 6.45) is 0.652. The van der Waals surface area contributed by atoms with Crippen molar-refractivity contribution in [3.8, 4) is 0 Å². The highest BCUT2D eigenvalue weighted by molar-refractivity contribution is 9.10. The molecule has 6 heteroatoms. The van der Waals surface area contributed by atoms with Crippen LogP contribution in [-0.4, -0.2) is 39.5 Å². The van der Waals surface area contributed by atoms with Crippen molar-refractivity contribution < 1.29 is 19.0 Å². The van der Waals surface area contributed by atoms with E-state index in [0.717, 1.165) is 4.47 Å². The van der Waals surface area contributed by atoms with Crippen LogP contribution >= 0.6 is 15.9 Å². The molecule has 0 aliphatic carbocycles. The molecule has 19 heavy (non-hydrogen) atoms. The molecule has 0 unspecified atom stereocenters. The number of ether oxygens (including phenoxy) is 3. The standard InChI is InChI=1S/C13H18BrNO4/c1-17-5-6-18-3-2-4-19-13(16)10-7-11(14)9-12(15)8-10/h7-9H,2-6,15H2,1H3. The molecule has 1 rings (SSSR count). The van der Waals surface area contributed by atoms with Gasteiger partial charge in [0.2, 0.25) is 0 Å². The zero-order valence-electron chi connectivity index (χ0n) is 10.9. The van der Waals surface area contributed by atoms with Crippen molar-refractivity contribution in [2.24, 2.45) is 0 Å². The summed E-state index contributed by atoms with van der Waals surface area (Å²) in [5.41, 5.74) is 6.61. The molecule has 0 aliphatic rings. The molecule has 2 N–H and O–H groups in total. The van der Waals surface area contributed by atoms with Crippen molar-refractivity contribution in [2.45, 2.75) is 6.42 Å². The largest absolute Gasteiger partial charge is 0.462 e. The lowest BCUT2D eigenvalue weighted by atomic mass is 10.2. The van der Waals surface area contributed by atoms with E-state index in [2.05, 4.69) is 15.9 Å². The first-order valence-corrected chi connectivity index (χ1v) is 6.72. The topological polar surface area (TPSA) is 70.8 Å². The van der Waals surface area contributed by atoms with Crippen LogP contribution in [0, 0.1) is 0 Å². The van der Waals surface area contributed by atoms with Gasteiger partial charge in [-0.15, -0.1) is 0 Å². The summed E-state index contributed by atoms with van der Waals surface area (Å²) >= 11 is 3.28. The van der Waals surface area contributed by atoms with Crippen LogP contribution < -0.4 is 5.73 Å². The van der Waals surface area contributed by atoms with Crippen LogP contribution in [0.25, 0.3) is 0 Å². The number of esters is 1. The lowest BCUT2D eigenvalue weighted by molar-refractivity contribution is 0.0385. The predicted molar refractivity (Wildman–Crippen MR) is 76.1 cm³/mol. The SMILES string of the molecule is COCCOCCCOC(=O)c1cc(N)cc(Br)c1. The van der Waals surface area contributed by atoms with Crippen LogP contribution in [0.3, 0.4) is 0 Å². The second-order valence-corrected chi connectivity index (χ2v) is 4.78. The lowest BCUT2D eigenvalue weighted by Gasteiger charge is -2.06. The summed E-state index contributed by atoms with van der Waals surface area (Å²) in [7, 11) is 1.62. The van der Waals surface area contributed by atoms with Crippen molar-refractivity contribution in [3.63, 3.8) is 0 Å². The first-order valence-electron chi connectivity index (χ1n) is 5.93. The number of carbonyl (C=O) groups is 1. The number of anilines is 1. The van der Waals surface area contributed by atoms with Gasteiger partial charge in [0.25, 0.3) is 0 Å². The molecule has 0 bridgehead atoms. The summed E-state index contributed by atoms with van der Waals surface area (Å²) in [4.78, 5) is 11.7. The molecule has 0 spiro atoms. The predicted octanol–water partition coefficient (Wildman–Crippen LogP) is 2.24. The maximum atomic E-state index is 11.7. The van der Waals surface area contributed by atoms with E-state index >= 15 is 0 Å². The van der Waals surface area contributed by atoms with Gasteiger partial charge < -0.3 is 19.9 Å². The lowest BCUT2D eigenvalue weighted by Crippen LogP contribution is -2.10. The molecule has 0 radical (unpaired) electrons. The van der Waals surface area contributed by atoms with Crippen LogP contribution in [0.4, 0.5) is 5.69 Å². The van der Waals surface area contributed by atoms with E-state index in [1.54, 1.807) is 25.3 Å². The molecule has 106 valence electrons. The number of hydrogen-bond donors (Lipinski definition) is 1. The fraction of sp³-hybridized carbons (Fsp3) is 0.462. The Kier molecular flexibility index (Phi) is 7.47. The average Bonchev–Trinajstić information content (AvgIpc) is 2.36. The zero-order chi connectivity index (χ0) is 14.1. The zero-order valence-corrected chi connectivity index (χ0v) is 12.4. The smallest absolute Gasteiger partial charge is 0.338 e. The van der Waals surface area contributed by atoms with Gasteiger partial charge in [0.15, 0.2) is 0 Å². The van der Waals surface area contributed by atoms with Gasteiger partial charge >= 0.3 is 5.97 Å². The van der Waals surface area contributed by atoms with E-state index in [1.807, 2.05) is 0 Å². The van der Waals surface area contributed by atoms with Crippen LogP contribution in [0.2, 0.25) is 0 Å². The van der Waals surface area contributed by atoms with Gasteiger partial charge in [-0.25, -0.2) is 4.79 Å². The van der Waals surface area contributed by atoms with Crippen molar-refractivity contribution in [1.29, 1.82) is 0 Å².